The molecule has 0 radical (unpaired) electrons. The van der Waals surface area contributed by atoms with E-state index in [1.54, 1.807) is 0 Å². The first-order valence-electron chi connectivity index (χ1n) is 24.3. The summed E-state index contributed by atoms with van der Waals surface area (Å²) in [5, 5.41) is 4.66. The van der Waals surface area contributed by atoms with Crippen molar-refractivity contribution in [2.24, 2.45) is 0 Å². The van der Waals surface area contributed by atoms with Crippen molar-refractivity contribution in [3.05, 3.63) is 297 Å². The summed E-state index contributed by atoms with van der Waals surface area (Å²) in [6.45, 7) is 15.2. The quantitative estimate of drug-likeness (QED) is 0.101. The molecular formula is C69H52N2O. The number of allylic oxidation sites excluding steroid dienone is 7. The molecule has 0 amide bonds. The fourth-order valence-corrected chi connectivity index (χ4v) is 9.76. The van der Waals surface area contributed by atoms with Gasteiger partial charge in [0.1, 0.15) is 11.2 Å². The van der Waals surface area contributed by atoms with Crippen LogP contribution in [0.4, 0.5) is 5.69 Å². The molecule has 0 bridgehead atoms. The lowest BCUT2D eigenvalue weighted by Gasteiger charge is -2.26. The number of anilines is 1. The largest absolute Gasteiger partial charge is 0.455 e. The van der Waals surface area contributed by atoms with Gasteiger partial charge in [0.05, 0.1) is 11.0 Å². The van der Waals surface area contributed by atoms with E-state index >= 15 is 0 Å². The van der Waals surface area contributed by atoms with Gasteiger partial charge in [-0.05, 0) is 130 Å². The van der Waals surface area contributed by atoms with Crippen LogP contribution in [0, 0.1) is 0 Å². The van der Waals surface area contributed by atoms with E-state index in [1.807, 2.05) is 67.6 Å². The third kappa shape index (κ3) is 8.88. The van der Waals surface area contributed by atoms with Crippen molar-refractivity contribution >= 4 is 67.2 Å². The number of hydrogen-bond acceptors (Lipinski definition) is 2. The molecule has 0 aliphatic rings. The molecule has 0 atom stereocenters. The minimum atomic E-state index is 0.783. The number of furan rings is 1. The maximum absolute atomic E-state index is 6.39. The second kappa shape index (κ2) is 19.9. The highest BCUT2D eigenvalue weighted by molar-refractivity contribution is 6.12. The van der Waals surface area contributed by atoms with Crippen molar-refractivity contribution in [3.63, 3.8) is 0 Å². The predicted octanol–water partition coefficient (Wildman–Crippen LogP) is 19.1. The summed E-state index contributed by atoms with van der Waals surface area (Å²) in [6.07, 6.45) is 16.3. The third-order valence-corrected chi connectivity index (χ3v) is 13.4. The zero-order valence-electron chi connectivity index (χ0n) is 40.3. The molecule has 72 heavy (non-hydrogen) atoms. The maximum Gasteiger partial charge on any atom is 0.143 e. The number of benzene rings is 9. The molecule has 0 saturated carbocycles. The van der Waals surface area contributed by atoms with Crippen LogP contribution in [0.15, 0.2) is 284 Å². The Hall–Kier alpha value is -9.44. The van der Waals surface area contributed by atoms with Crippen molar-refractivity contribution in [2.75, 3.05) is 4.90 Å². The molecule has 3 nitrogen and oxygen atoms in total. The number of rotatable bonds is 14. The normalized spacial score (nSPS) is 12.0. The van der Waals surface area contributed by atoms with Gasteiger partial charge >= 0.3 is 0 Å². The van der Waals surface area contributed by atoms with E-state index in [-0.39, 0.29) is 0 Å². The number of hydrogen-bond donors (Lipinski definition) is 0. The van der Waals surface area contributed by atoms with Crippen LogP contribution < -0.4 is 4.90 Å². The van der Waals surface area contributed by atoms with E-state index in [2.05, 4.69) is 229 Å². The second-order valence-corrected chi connectivity index (χ2v) is 17.9. The molecule has 344 valence electrons. The highest BCUT2D eigenvalue weighted by Crippen LogP contribution is 2.40. The molecule has 0 N–H and O–H groups in total. The zero-order chi connectivity index (χ0) is 49.0. The molecule has 11 aromatic rings. The maximum atomic E-state index is 6.39. The predicted molar refractivity (Wildman–Crippen MR) is 309 cm³/mol. The Bertz CT molecular complexity index is 3930. The van der Waals surface area contributed by atoms with Gasteiger partial charge in [-0.25, -0.2) is 0 Å². The SMILES string of the molecule is C=C/C(=C\C=C\c1ccccc1)N(C(=C)/C=C\C(=C)c1ccc(-c2ccc3c(c2)c2cc(-c4ccc(-c5cccc6c5oc5ccccc56)cc4)ccc2n3-c2ccccc2)cc1)c1ccc(/C=C/C)cc1. The summed E-state index contributed by atoms with van der Waals surface area (Å²) in [6, 6.07) is 75.2. The standard InChI is InChI=1S/C69H52N2O/c1-5-17-50-30-42-60(43-31-50)70(58(6-2)23-15-20-51-18-9-7-10-19-51)49(4)29-28-48(3)52-32-34-53(35-33-52)56-40-44-66-64(46-56)65-47-57(41-45-67(65)71(66)59-21-11-8-12-22-59)54-36-38-55(39-37-54)61-25-16-26-63-62-24-13-14-27-68(62)72-69(61)63/h5-47H,2-4H2,1H3/b17-5+,20-15+,29-28-,58-23+. The van der Waals surface area contributed by atoms with Crippen LogP contribution in [0.5, 0.6) is 0 Å². The summed E-state index contributed by atoms with van der Waals surface area (Å²) < 4.78 is 8.76. The van der Waals surface area contributed by atoms with Crippen LogP contribution in [0.3, 0.4) is 0 Å². The molecule has 0 aliphatic carbocycles. The number of para-hydroxylation sites is 3. The molecule has 0 fully saturated rings. The number of aromatic nitrogens is 1. The average Bonchev–Trinajstić information content (AvgIpc) is 3.98. The highest BCUT2D eigenvalue weighted by atomic mass is 16.3. The van der Waals surface area contributed by atoms with Gasteiger partial charge in [-0.1, -0.05) is 208 Å². The monoisotopic (exact) mass is 924 g/mol. The molecule has 0 unspecified atom stereocenters. The first kappa shape index (κ1) is 45.0. The van der Waals surface area contributed by atoms with Gasteiger partial charge in [0.25, 0.3) is 0 Å². The average molecular weight is 925 g/mol. The number of fused-ring (bicyclic) bond motifs is 6. The fraction of sp³-hybridized carbons (Fsp3) is 0.0145. The Morgan fingerprint density at radius 1 is 0.514 bits per heavy atom. The Morgan fingerprint density at radius 3 is 1.76 bits per heavy atom. The summed E-state index contributed by atoms with van der Waals surface area (Å²) in [5.74, 6) is 0. The molecular weight excluding hydrogens is 873 g/mol. The van der Waals surface area contributed by atoms with Gasteiger partial charge in [-0.2, -0.15) is 0 Å². The summed E-state index contributed by atoms with van der Waals surface area (Å²) in [5.41, 5.74) is 18.9. The van der Waals surface area contributed by atoms with E-state index in [9.17, 15) is 0 Å². The summed E-state index contributed by atoms with van der Waals surface area (Å²) in [7, 11) is 0. The highest BCUT2D eigenvalue weighted by Gasteiger charge is 2.17. The van der Waals surface area contributed by atoms with Gasteiger partial charge in [0.2, 0.25) is 0 Å². The Balaban J connectivity index is 0.881. The molecule has 0 saturated heterocycles. The fourth-order valence-electron chi connectivity index (χ4n) is 9.76. The minimum absolute atomic E-state index is 0.783. The molecule has 2 heterocycles. The van der Waals surface area contributed by atoms with Crippen LogP contribution in [0.25, 0.3) is 101 Å². The third-order valence-electron chi connectivity index (χ3n) is 13.4. The van der Waals surface area contributed by atoms with Gasteiger partial charge in [0.15, 0.2) is 0 Å². The van der Waals surface area contributed by atoms with Crippen molar-refractivity contribution in [3.8, 4) is 39.1 Å². The molecule has 0 aliphatic heterocycles. The lowest BCUT2D eigenvalue weighted by atomic mass is 9.97. The Morgan fingerprint density at radius 2 is 1.10 bits per heavy atom. The van der Waals surface area contributed by atoms with Crippen LogP contribution in [-0.4, -0.2) is 4.57 Å². The van der Waals surface area contributed by atoms with E-state index in [0.29, 0.717) is 0 Å². The molecule has 2 aromatic heterocycles. The van der Waals surface area contributed by atoms with Gasteiger partial charge < -0.3 is 13.9 Å². The molecule has 9 aromatic carbocycles. The Labute approximate surface area is 421 Å². The lowest BCUT2D eigenvalue weighted by molar-refractivity contribution is 0.670. The van der Waals surface area contributed by atoms with Gasteiger partial charge in [-0.3, -0.25) is 0 Å². The number of nitrogens with zero attached hydrogens (tertiary/aromatic N) is 2. The molecule has 0 spiro atoms. The van der Waals surface area contributed by atoms with Gasteiger partial charge in [-0.15, -0.1) is 0 Å². The summed E-state index contributed by atoms with van der Waals surface area (Å²) >= 11 is 0. The topological polar surface area (TPSA) is 21.3 Å². The second-order valence-electron chi connectivity index (χ2n) is 17.9. The van der Waals surface area contributed by atoms with Crippen molar-refractivity contribution in [2.45, 2.75) is 6.92 Å². The molecule has 11 rings (SSSR count). The van der Waals surface area contributed by atoms with Crippen molar-refractivity contribution in [1.29, 1.82) is 0 Å². The van der Waals surface area contributed by atoms with E-state index in [0.717, 1.165) is 111 Å². The minimum Gasteiger partial charge on any atom is -0.455 e. The first-order valence-corrected chi connectivity index (χ1v) is 24.3. The smallest absolute Gasteiger partial charge is 0.143 e. The lowest BCUT2D eigenvalue weighted by Crippen LogP contribution is -2.19. The summed E-state index contributed by atoms with van der Waals surface area (Å²) in [4.78, 5) is 2.11. The first-order chi connectivity index (χ1) is 35.4. The molecule has 3 heteroatoms. The zero-order valence-corrected chi connectivity index (χ0v) is 40.3. The van der Waals surface area contributed by atoms with E-state index < -0.39 is 0 Å². The van der Waals surface area contributed by atoms with Crippen molar-refractivity contribution in [1.82, 2.24) is 4.57 Å². The van der Waals surface area contributed by atoms with Crippen LogP contribution in [0.2, 0.25) is 0 Å². The van der Waals surface area contributed by atoms with Crippen LogP contribution in [0.1, 0.15) is 23.6 Å². The van der Waals surface area contributed by atoms with E-state index in [1.165, 1.54) is 10.8 Å². The Kier molecular flexibility index (Phi) is 12.4. The van der Waals surface area contributed by atoms with Gasteiger partial charge in [0, 0.05) is 49.9 Å². The van der Waals surface area contributed by atoms with Crippen LogP contribution in [-0.2, 0) is 0 Å². The van der Waals surface area contributed by atoms with E-state index in [4.69, 9.17) is 4.42 Å². The van der Waals surface area contributed by atoms with Crippen molar-refractivity contribution < 1.29 is 4.42 Å². The van der Waals surface area contributed by atoms with Crippen LogP contribution >= 0.6 is 0 Å².